The molecule has 0 bridgehead atoms. The van der Waals surface area contributed by atoms with Gasteiger partial charge in [-0.15, -0.1) is 0 Å². The summed E-state index contributed by atoms with van der Waals surface area (Å²) in [6.07, 6.45) is 0.651. The second-order valence-corrected chi connectivity index (χ2v) is 8.84. The Balaban J connectivity index is 1.32. The van der Waals surface area contributed by atoms with Crippen molar-refractivity contribution in [2.45, 2.75) is 37.9 Å². The third kappa shape index (κ3) is 3.99. The van der Waals surface area contributed by atoms with Crippen LogP contribution in [0.3, 0.4) is 0 Å². The first-order valence-electron chi connectivity index (χ1n) is 11.1. The number of H-pyrrole nitrogens is 1. The van der Waals surface area contributed by atoms with Crippen LogP contribution in [-0.4, -0.2) is 75.0 Å². The molecule has 2 aromatic heterocycles. The van der Waals surface area contributed by atoms with Crippen molar-refractivity contribution in [2.75, 3.05) is 26.7 Å². The molecule has 2 amide bonds. The van der Waals surface area contributed by atoms with E-state index < -0.39 is 18.5 Å². The molecule has 33 heavy (non-hydrogen) atoms. The molecule has 10 heteroatoms. The molecule has 3 heterocycles. The number of rotatable bonds is 7. The number of benzene rings is 1. The number of likely N-dealkylation sites (N-methyl/N-ethyl adjacent to an activating group) is 1. The largest absolute Gasteiger partial charge is 0.351 e. The first kappa shape index (κ1) is 21.6. The van der Waals surface area contributed by atoms with Crippen molar-refractivity contribution in [2.24, 2.45) is 0 Å². The van der Waals surface area contributed by atoms with Crippen LogP contribution < -0.4 is 5.32 Å². The molecule has 174 valence electrons. The van der Waals surface area contributed by atoms with Gasteiger partial charge < -0.3 is 20.1 Å². The Bertz CT molecular complexity index is 1170. The molecule has 1 aromatic carbocycles. The molecule has 0 saturated heterocycles. The number of amides is 2. The minimum atomic E-state index is -2.43. The maximum absolute atomic E-state index is 13.3. The lowest BCUT2D eigenvalue weighted by Crippen LogP contribution is -2.47. The van der Waals surface area contributed by atoms with Crippen molar-refractivity contribution in [1.82, 2.24) is 29.9 Å². The Hall–Kier alpha value is -3.27. The predicted octanol–water partition coefficient (Wildman–Crippen LogP) is 2.48. The van der Waals surface area contributed by atoms with Crippen molar-refractivity contribution >= 4 is 22.7 Å². The van der Waals surface area contributed by atoms with Gasteiger partial charge in [0.25, 0.3) is 18.2 Å². The van der Waals surface area contributed by atoms with Crippen LogP contribution in [0.2, 0.25) is 0 Å². The van der Waals surface area contributed by atoms with Gasteiger partial charge in [-0.2, -0.15) is 5.10 Å². The highest BCUT2D eigenvalue weighted by molar-refractivity contribution is 5.99. The molecule has 0 atom stereocenters. The monoisotopic (exact) mass is 456 g/mol. The number of halogens is 2. The highest BCUT2D eigenvalue weighted by Gasteiger charge is 2.48. The highest BCUT2D eigenvalue weighted by atomic mass is 19.3. The number of hydrogen-bond acceptors (Lipinski definition) is 4. The molecule has 0 spiro atoms. The predicted molar refractivity (Wildman–Crippen MR) is 118 cm³/mol. The molecule has 1 aliphatic heterocycles. The molecular weight excluding hydrogens is 430 g/mol. The number of fused-ring (bicyclic) bond motifs is 2. The van der Waals surface area contributed by atoms with E-state index in [0.717, 1.165) is 23.7 Å². The van der Waals surface area contributed by atoms with Crippen molar-refractivity contribution in [1.29, 1.82) is 0 Å². The summed E-state index contributed by atoms with van der Waals surface area (Å²) >= 11 is 0. The van der Waals surface area contributed by atoms with E-state index in [2.05, 4.69) is 15.4 Å². The van der Waals surface area contributed by atoms with Crippen LogP contribution >= 0.6 is 0 Å². The van der Waals surface area contributed by atoms with Gasteiger partial charge in [0.2, 0.25) is 0 Å². The Morgan fingerprint density at radius 3 is 2.79 bits per heavy atom. The zero-order chi connectivity index (χ0) is 23.2. The average Bonchev–Trinajstić information content (AvgIpc) is 3.28. The number of carbonyl (C=O) groups excluding carboxylic acids is 2. The number of aromatic nitrogens is 3. The van der Waals surface area contributed by atoms with Crippen LogP contribution in [0, 0.1) is 0 Å². The second-order valence-electron chi connectivity index (χ2n) is 8.84. The molecule has 1 aliphatic carbocycles. The summed E-state index contributed by atoms with van der Waals surface area (Å²) in [5.74, 6) is -0.326. The number of nitrogens with one attached hydrogen (secondary N) is 2. The third-order valence-electron chi connectivity index (χ3n) is 6.75. The van der Waals surface area contributed by atoms with Gasteiger partial charge in [-0.1, -0.05) is 18.2 Å². The quantitative estimate of drug-likeness (QED) is 0.572. The average molecular weight is 456 g/mol. The molecule has 2 aliphatic rings. The minimum Gasteiger partial charge on any atom is -0.351 e. The normalized spacial score (nSPS) is 16.8. The topological polar surface area (TPSA) is 86.3 Å². The molecule has 2 N–H and O–H groups in total. The number of hydrogen-bond donors (Lipinski definition) is 2. The minimum absolute atomic E-state index is 0.125. The lowest BCUT2D eigenvalue weighted by atomic mass is 10.1. The van der Waals surface area contributed by atoms with Gasteiger partial charge in [0, 0.05) is 31.0 Å². The summed E-state index contributed by atoms with van der Waals surface area (Å²) in [6, 6.07) is 9.55. The van der Waals surface area contributed by atoms with Gasteiger partial charge in [0.1, 0.15) is 5.69 Å². The maximum Gasteiger partial charge on any atom is 0.270 e. The van der Waals surface area contributed by atoms with Crippen LogP contribution in [-0.2, 0) is 13.1 Å². The van der Waals surface area contributed by atoms with Gasteiger partial charge in [-0.3, -0.25) is 14.3 Å². The summed E-state index contributed by atoms with van der Waals surface area (Å²) in [5, 5.41) is 8.09. The standard InChI is InChI=1S/C23H26F2N6O2/c1-29(23(6-7-23)14-26-12-20(24)25)21(32)16-11-27-31-9-8-30(13-19(16)31)22(33)18-10-15-4-2-3-5-17(15)28-18/h2-5,10-11,20,26,28H,6-9,12-14H2,1H3. The van der Waals surface area contributed by atoms with E-state index in [1.54, 1.807) is 27.7 Å². The fraction of sp³-hybridized carbons (Fsp3) is 0.435. The first-order valence-corrected chi connectivity index (χ1v) is 11.1. The van der Waals surface area contributed by atoms with E-state index in [-0.39, 0.29) is 18.4 Å². The number of carbonyl (C=O) groups is 2. The fourth-order valence-corrected chi connectivity index (χ4v) is 4.54. The summed E-state index contributed by atoms with van der Waals surface area (Å²) in [5.41, 5.74) is 2.10. The van der Waals surface area contributed by atoms with Crippen LogP contribution in [0.15, 0.2) is 36.5 Å². The molecule has 0 radical (unpaired) electrons. The number of alkyl halides is 2. The van der Waals surface area contributed by atoms with E-state index in [0.29, 0.717) is 36.6 Å². The van der Waals surface area contributed by atoms with Gasteiger partial charge in [0.05, 0.1) is 42.6 Å². The van der Waals surface area contributed by atoms with Gasteiger partial charge in [-0.05, 0) is 25.0 Å². The maximum atomic E-state index is 13.3. The Morgan fingerprint density at radius 1 is 1.27 bits per heavy atom. The summed E-state index contributed by atoms with van der Waals surface area (Å²) < 4.78 is 26.8. The molecule has 0 unspecified atom stereocenters. The highest BCUT2D eigenvalue weighted by Crippen LogP contribution is 2.41. The summed E-state index contributed by atoms with van der Waals surface area (Å²) in [7, 11) is 1.71. The van der Waals surface area contributed by atoms with Crippen molar-refractivity contribution in [3.8, 4) is 0 Å². The molecule has 5 rings (SSSR count). The lowest BCUT2D eigenvalue weighted by Gasteiger charge is -2.31. The Kier molecular flexibility index (Phi) is 5.40. The molecule has 1 fully saturated rings. The van der Waals surface area contributed by atoms with E-state index in [1.165, 1.54) is 0 Å². The molecule has 3 aromatic rings. The van der Waals surface area contributed by atoms with E-state index >= 15 is 0 Å². The molecule has 1 saturated carbocycles. The molecule has 8 nitrogen and oxygen atoms in total. The number of aromatic amines is 1. The Morgan fingerprint density at radius 2 is 2.06 bits per heavy atom. The summed E-state index contributed by atoms with van der Waals surface area (Å²) in [6.45, 7) is 1.21. The van der Waals surface area contributed by atoms with Crippen molar-refractivity contribution < 1.29 is 18.4 Å². The third-order valence-corrected chi connectivity index (χ3v) is 6.75. The second kappa shape index (κ2) is 8.26. The fourth-order valence-electron chi connectivity index (χ4n) is 4.54. The van der Waals surface area contributed by atoms with Gasteiger partial charge in [0.15, 0.2) is 0 Å². The van der Waals surface area contributed by atoms with E-state index in [9.17, 15) is 18.4 Å². The lowest BCUT2D eigenvalue weighted by molar-refractivity contribution is 0.0666. The number of nitrogens with zero attached hydrogens (tertiary/aromatic N) is 4. The summed E-state index contributed by atoms with van der Waals surface area (Å²) in [4.78, 5) is 33.0. The van der Waals surface area contributed by atoms with Crippen molar-refractivity contribution in [3.63, 3.8) is 0 Å². The smallest absolute Gasteiger partial charge is 0.270 e. The number of para-hydroxylation sites is 1. The van der Waals surface area contributed by atoms with Crippen LogP contribution in [0.25, 0.3) is 10.9 Å². The SMILES string of the molecule is CN(C(=O)c1cnn2c1CN(C(=O)c1cc3ccccc3[nH]1)CC2)C1(CNCC(F)F)CC1. The van der Waals surface area contributed by atoms with E-state index in [1.807, 2.05) is 30.3 Å². The Labute approximate surface area is 189 Å². The van der Waals surface area contributed by atoms with E-state index in [4.69, 9.17) is 0 Å². The first-order chi connectivity index (χ1) is 15.9. The van der Waals surface area contributed by atoms with Crippen LogP contribution in [0.5, 0.6) is 0 Å². The van der Waals surface area contributed by atoms with Crippen LogP contribution in [0.1, 0.15) is 39.4 Å². The van der Waals surface area contributed by atoms with Gasteiger partial charge in [-0.25, -0.2) is 8.78 Å². The molecular formula is C23H26F2N6O2. The zero-order valence-electron chi connectivity index (χ0n) is 18.4. The zero-order valence-corrected chi connectivity index (χ0v) is 18.4. The van der Waals surface area contributed by atoms with Gasteiger partial charge >= 0.3 is 0 Å². The van der Waals surface area contributed by atoms with Crippen molar-refractivity contribution in [3.05, 3.63) is 53.5 Å². The van der Waals surface area contributed by atoms with Crippen LogP contribution in [0.4, 0.5) is 8.78 Å².